The quantitative estimate of drug-likeness (QED) is 0.428. The Labute approximate surface area is 157 Å². The van der Waals surface area contributed by atoms with Crippen molar-refractivity contribution in [1.29, 1.82) is 0 Å². The van der Waals surface area contributed by atoms with Gasteiger partial charge in [0.2, 0.25) is 0 Å². The molecule has 27 heavy (non-hydrogen) atoms. The highest BCUT2D eigenvalue weighted by Crippen LogP contribution is 2.46. The molecule has 0 aromatic rings. The lowest BCUT2D eigenvalue weighted by Crippen LogP contribution is -2.37. The van der Waals surface area contributed by atoms with Gasteiger partial charge in [0.25, 0.3) is 0 Å². The van der Waals surface area contributed by atoms with Crippen molar-refractivity contribution in [3.63, 3.8) is 0 Å². The van der Waals surface area contributed by atoms with E-state index >= 15 is 0 Å². The summed E-state index contributed by atoms with van der Waals surface area (Å²) in [6, 6.07) is 0. The fourth-order valence-electron chi connectivity index (χ4n) is 3.55. The van der Waals surface area contributed by atoms with Crippen LogP contribution in [0.4, 0.5) is 0 Å². The van der Waals surface area contributed by atoms with E-state index in [4.69, 9.17) is 14.2 Å². The highest BCUT2D eigenvalue weighted by Gasteiger charge is 2.56. The van der Waals surface area contributed by atoms with Crippen molar-refractivity contribution < 1.29 is 34.0 Å². The number of hydrogen-bond donors (Lipinski definition) is 2. The molecule has 5 atom stereocenters. The highest BCUT2D eigenvalue weighted by atomic mass is 16.6. The molecule has 2 fully saturated rings. The summed E-state index contributed by atoms with van der Waals surface area (Å²) in [6.07, 6.45) is 5.42. The number of allylic oxidation sites excluding steroid dienone is 1. The number of fused-ring (bicyclic) bond motifs is 2. The third-order valence-corrected chi connectivity index (χ3v) is 5.29. The van der Waals surface area contributed by atoms with Crippen molar-refractivity contribution in [2.45, 2.75) is 44.2 Å². The van der Waals surface area contributed by atoms with E-state index in [1.165, 1.54) is 6.08 Å². The molecule has 0 bridgehead atoms. The van der Waals surface area contributed by atoms with E-state index in [2.05, 4.69) is 6.58 Å². The summed E-state index contributed by atoms with van der Waals surface area (Å²) in [6.45, 7) is 6.67. The van der Waals surface area contributed by atoms with E-state index in [-0.39, 0.29) is 23.9 Å². The molecule has 0 aromatic heterocycles. The zero-order valence-corrected chi connectivity index (χ0v) is 15.4. The van der Waals surface area contributed by atoms with Crippen LogP contribution in [0.5, 0.6) is 0 Å². The maximum atomic E-state index is 12.4. The van der Waals surface area contributed by atoms with Gasteiger partial charge in [0, 0.05) is 12.0 Å². The Hall–Kier alpha value is -2.22. The molecule has 7 nitrogen and oxygen atoms in total. The molecule has 3 aliphatic rings. The van der Waals surface area contributed by atoms with Crippen LogP contribution in [0, 0.1) is 5.92 Å². The van der Waals surface area contributed by atoms with Gasteiger partial charge in [0.15, 0.2) is 0 Å². The Balaban J connectivity index is 1.97. The van der Waals surface area contributed by atoms with Gasteiger partial charge in [-0.1, -0.05) is 24.8 Å². The summed E-state index contributed by atoms with van der Waals surface area (Å²) in [5.41, 5.74) is 0.347. The average Bonchev–Trinajstić information content (AvgIpc) is 3.18. The second kappa shape index (κ2) is 7.42. The second-order valence-corrected chi connectivity index (χ2v) is 7.15. The number of ether oxygens (including phenoxy) is 3. The first kappa shape index (κ1) is 19.5. The summed E-state index contributed by atoms with van der Waals surface area (Å²) in [5, 5.41) is 18.9. The largest absolute Gasteiger partial charge is 0.458 e. The van der Waals surface area contributed by atoms with Crippen molar-refractivity contribution in [3.8, 4) is 0 Å². The molecule has 0 unspecified atom stereocenters. The number of epoxide rings is 1. The predicted octanol–water partition coefficient (Wildman–Crippen LogP) is 0.971. The molecule has 0 saturated carbocycles. The molecule has 2 heterocycles. The van der Waals surface area contributed by atoms with Gasteiger partial charge in [0.1, 0.15) is 18.3 Å². The standard InChI is InChI=1S/C20H24O7/c1-4-13(10-22)19(24)26-15-8-20(3)16(27-20)6-5-12(9-21)7-14-17(15)11(2)18(23)25-14/h4-7,14-17,21-22H,2,8-10H2,1,3H3/b6-5-,12-7+,13-4-/t14-,15-,16-,17+,20+/m1/s1. The van der Waals surface area contributed by atoms with Crippen LogP contribution in [0.1, 0.15) is 20.3 Å². The Morgan fingerprint density at radius 3 is 2.85 bits per heavy atom. The average molecular weight is 376 g/mol. The molecule has 0 aromatic carbocycles. The summed E-state index contributed by atoms with van der Waals surface area (Å²) in [5.74, 6) is -1.82. The van der Waals surface area contributed by atoms with Crippen molar-refractivity contribution in [2.75, 3.05) is 13.2 Å². The fraction of sp³-hybridized carbons (Fsp3) is 0.500. The molecule has 0 radical (unpaired) electrons. The first-order chi connectivity index (χ1) is 12.8. The van der Waals surface area contributed by atoms with Crippen molar-refractivity contribution in [1.82, 2.24) is 0 Å². The van der Waals surface area contributed by atoms with Gasteiger partial charge in [0.05, 0.1) is 30.3 Å². The number of hydrogen-bond acceptors (Lipinski definition) is 7. The van der Waals surface area contributed by atoms with E-state index in [0.29, 0.717) is 12.0 Å². The van der Waals surface area contributed by atoms with E-state index in [0.717, 1.165) is 0 Å². The molecule has 146 valence electrons. The van der Waals surface area contributed by atoms with Crippen LogP contribution in [-0.2, 0) is 23.8 Å². The van der Waals surface area contributed by atoms with Gasteiger partial charge in [-0.3, -0.25) is 0 Å². The predicted molar refractivity (Wildman–Crippen MR) is 95.4 cm³/mol. The third-order valence-electron chi connectivity index (χ3n) is 5.29. The van der Waals surface area contributed by atoms with Gasteiger partial charge < -0.3 is 24.4 Å². The van der Waals surface area contributed by atoms with Crippen molar-refractivity contribution in [2.24, 2.45) is 5.92 Å². The van der Waals surface area contributed by atoms with Crippen LogP contribution < -0.4 is 0 Å². The topological polar surface area (TPSA) is 106 Å². The van der Waals surface area contributed by atoms with Crippen LogP contribution in [-0.4, -0.2) is 59.3 Å². The van der Waals surface area contributed by atoms with Gasteiger partial charge >= 0.3 is 11.9 Å². The number of carbonyl (C=O) groups is 2. The number of esters is 2. The number of aliphatic hydroxyl groups excluding tert-OH is 2. The Morgan fingerprint density at radius 2 is 2.22 bits per heavy atom. The molecular formula is C20H24O7. The summed E-state index contributed by atoms with van der Waals surface area (Å²) in [7, 11) is 0. The van der Waals surface area contributed by atoms with Crippen molar-refractivity contribution in [3.05, 3.63) is 47.6 Å². The number of rotatable bonds is 4. The SMILES string of the molecule is C=C1C(=O)O[C@@H]2/C=C(CO)\C=C/[C@H]3O[C@@]3(C)C[C@@H](OC(=O)/C(=C\C)CO)[C@@H]12. The maximum absolute atomic E-state index is 12.4. The zero-order chi connectivity index (χ0) is 19.8. The normalized spacial score (nSPS) is 38.8. The van der Waals surface area contributed by atoms with Crippen LogP contribution in [0.3, 0.4) is 0 Å². The maximum Gasteiger partial charge on any atom is 0.336 e. The lowest BCUT2D eigenvalue weighted by Gasteiger charge is -2.28. The first-order valence-corrected chi connectivity index (χ1v) is 8.87. The van der Waals surface area contributed by atoms with E-state index in [9.17, 15) is 19.8 Å². The molecule has 1 aliphatic carbocycles. The molecule has 2 N–H and O–H groups in total. The molecular weight excluding hydrogens is 352 g/mol. The van der Waals surface area contributed by atoms with Crippen LogP contribution in [0.2, 0.25) is 0 Å². The number of aliphatic hydroxyl groups is 2. The molecule has 3 rings (SSSR count). The first-order valence-electron chi connectivity index (χ1n) is 8.87. The van der Waals surface area contributed by atoms with Crippen LogP contribution in [0.25, 0.3) is 0 Å². The molecule has 7 heteroatoms. The minimum atomic E-state index is -0.736. The summed E-state index contributed by atoms with van der Waals surface area (Å²) in [4.78, 5) is 24.6. The van der Waals surface area contributed by atoms with Crippen molar-refractivity contribution >= 4 is 11.9 Å². The Bertz CT molecular complexity index is 747. The van der Waals surface area contributed by atoms with Gasteiger partial charge in [-0.25, -0.2) is 9.59 Å². The fourth-order valence-corrected chi connectivity index (χ4v) is 3.55. The van der Waals surface area contributed by atoms with E-state index in [1.807, 2.05) is 13.0 Å². The van der Waals surface area contributed by atoms with Gasteiger partial charge in [-0.05, 0) is 25.5 Å². The van der Waals surface area contributed by atoms with E-state index in [1.54, 1.807) is 19.1 Å². The minimum absolute atomic E-state index is 0.129. The summed E-state index contributed by atoms with van der Waals surface area (Å²) < 4.78 is 16.8. The molecule has 0 spiro atoms. The van der Waals surface area contributed by atoms with E-state index < -0.39 is 42.3 Å². The molecule has 2 aliphatic heterocycles. The minimum Gasteiger partial charge on any atom is -0.458 e. The third kappa shape index (κ3) is 3.76. The number of carbonyl (C=O) groups excluding carboxylic acids is 2. The van der Waals surface area contributed by atoms with Gasteiger partial charge in [-0.15, -0.1) is 0 Å². The second-order valence-electron chi connectivity index (χ2n) is 7.15. The lowest BCUT2D eigenvalue weighted by molar-refractivity contribution is -0.148. The lowest BCUT2D eigenvalue weighted by atomic mass is 9.83. The molecule has 0 amide bonds. The van der Waals surface area contributed by atoms with Gasteiger partial charge in [-0.2, -0.15) is 0 Å². The molecule has 2 saturated heterocycles. The highest BCUT2D eigenvalue weighted by molar-refractivity contribution is 5.92. The summed E-state index contributed by atoms with van der Waals surface area (Å²) >= 11 is 0. The Morgan fingerprint density at radius 1 is 1.48 bits per heavy atom. The zero-order valence-electron chi connectivity index (χ0n) is 15.4. The van der Waals surface area contributed by atoms with Crippen LogP contribution in [0.15, 0.2) is 47.6 Å². The van der Waals surface area contributed by atoms with Crippen LogP contribution >= 0.6 is 0 Å². The monoisotopic (exact) mass is 376 g/mol. The smallest absolute Gasteiger partial charge is 0.336 e. The Kier molecular flexibility index (Phi) is 5.37.